The number of rotatable bonds is 5. The normalized spacial score (nSPS) is 13.4. The topological polar surface area (TPSA) is 86.9 Å². The summed E-state index contributed by atoms with van der Waals surface area (Å²) >= 11 is 0. The molecule has 0 bridgehead atoms. The Labute approximate surface area is 237 Å². The van der Waals surface area contributed by atoms with Gasteiger partial charge in [0, 0.05) is 22.3 Å². The highest BCUT2D eigenvalue weighted by Crippen LogP contribution is 2.32. The van der Waals surface area contributed by atoms with Crippen LogP contribution in [0.15, 0.2) is 133 Å². The minimum Gasteiger partial charge on any atom is -0.299 e. The molecule has 0 fully saturated rings. The van der Waals surface area contributed by atoms with Crippen LogP contribution >= 0.6 is 0 Å². The van der Waals surface area contributed by atoms with Gasteiger partial charge in [-0.1, -0.05) is 109 Å². The molecule has 0 saturated heterocycles. The lowest BCUT2D eigenvalue weighted by Gasteiger charge is -2.18. The molecule has 0 spiro atoms. The molecule has 0 amide bonds. The fraction of sp³-hybridized carbons (Fsp3) is 0. The average Bonchev–Trinajstić information content (AvgIpc) is 3.05. The number of hydrogen-bond donors (Lipinski definition) is 2. The smallest absolute Gasteiger partial charge is 0.164 e. The Bertz CT molecular complexity index is 1910. The quantitative estimate of drug-likeness (QED) is 0.223. The number of hydrazone groups is 1. The van der Waals surface area contributed by atoms with Crippen LogP contribution in [-0.4, -0.2) is 26.4 Å². The van der Waals surface area contributed by atoms with Crippen molar-refractivity contribution in [2.75, 3.05) is 5.43 Å². The lowest BCUT2D eigenvalue weighted by molar-refractivity contribution is 1.07. The van der Waals surface area contributed by atoms with Gasteiger partial charge in [0.25, 0.3) is 0 Å². The second-order valence-electron chi connectivity index (χ2n) is 9.69. The Morgan fingerprint density at radius 2 is 1.12 bits per heavy atom. The molecule has 194 valence electrons. The Balaban J connectivity index is 1.40. The van der Waals surface area contributed by atoms with E-state index < -0.39 is 0 Å². The molecule has 41 heavy (non-hydrogen) atoms. The molecule has 5 aromatic carbocycles. The van der Waals surface area contributed by atoms with Crippen molar-refractivity contribution in [3.63, 3.8) is 0 Å². The summed E-state index contributed by atoms with van der Waals surface area (Å²) in [4.78, 5) is 14.6. The van der Waals surface area contributed by atoms with Crippen molar-refractivity contribution in [2.24, 2.45) is 5.10 Å². The highest BCUT2D eigenvalue weighted by molar-refractivity contribution is 6.55. The highest BCUT2D eigenvalue weighted by Gasteiger charge is 2.21. The minimum absolute atomic E-state index is 0.344. The summed E-state index contributed by atoms with van der Waals surface area (Å²) in [6.07, 6.45) is 3.75. The molecule has 0 radical (unpaired) electrons. The largest absolute Gasteiger partial charge is 0.299 e. The Morgan fingerprint density at radius 3 is 1.76 bits per heavy atom. The van der Waals surface area contributed by atoms with Crippen molar-refractivity contribution in [3.8, 4) is 34.2 Å². The van der Waals surface area contributed by atoms with Crippen molar-refractivity contribution < 1.29 is 0 Å². The second-order valence-corrected chi connectivity index (χ2v) is 9.69. The maximum atomic E-state index is 8.69. The van der Waals surface area contributed by atoms with Crippen LogP contribution < -0.4 is 5.43 Å². The van der Waals surface area contributed by atoms with Crippen molar-refractivity contribution in [1.29, 1.82) is 5.41 Å². The first kappa shape index (κ1) is 24.3. The summed E-state index contributed by atoms with van der Waals surface area (Å²) in [5.41, 5.74) is 9.53. The SMILES string of the molecule is N=C1C=Cc2ccc3ccc(-c4nc(-c5ccccc5)nc(-c5ccccc5)n4)cc3c2/C1=N/Nc1ccccc1. The van der Waals surface area contributed by atoms with Crippen LogP contribution in [0, 0.1) is 5.41 Å². The number of nitrogens with zero attached hydrogens (tertiary/aromatic N) is 4. The van der Waals surface area contributed by atoms with Crippen LogP contribution in [0.2, 0.25) is 0 Å². The number of para-hydroxylation sites is 1. The zero-order valence-corrected chi connectivity index (χ0v) is 22.0. The van der Waals surface area contributed by atoms with Gasteiger partial charge in [0.15, 0.2) is 17.5 Å². The zero-order chi connectivity index (χ0) is 27.6. The van der Waals surface area contributed by atoms with Crippen molar-refractivity contribution in [2.45, 2.75) is 0 Å². The minimum atomic E-state index is 0.344. The van der Waals surface area contributed by atoms with Crippen LogP contribution in [0.25, 0.3) is 51.0 Å². The summed E-state index contributed by atoms with van der Waals surface area (Å²) in [6, 6.07) is 40.0. The zero-order valence-electron chi connectivity index (χ0n) is 22.0. The molecular formula is C35H24N6. The summed E-state index contributed by atoms with van der Waals surface area (Å²) in [7, 11) is 0. The van der Waals surface area contributed by atoms with Gasteiger partial charge in [-0.15, -0.1) is 0 Å². The molecule has 2 N–H and O–H groups in total. The number of fused-ring (bicyclic) bond motifs is 3. The molecule has 1 aliphatic rings. The van der Waals surface area contributed by atoms with Crippen molar-refractivity contribution in [1.82, 2.24) is 15.0 Å². The van der Waals surface area contributed by atoms with Crippen LogP contribution in [0.3, 0.4) is 0 Å². The van der Waals surface area contributed by atoms with Crippen molar-refractivity contribution in [3.05, 3.63) is 139 Å². The predicted molar refractivity (Wildman–Crippen MR) is 167 cm³/mol. The first-order valence-corrected chi connectivity index (χ1v) is 13.3. The lowest BCUT2D eigenvalue weighted by atomic mass is 9.88. The summed E-state index contributed by atoms with van der Waals surface area (Å²) in [5, 5.41) is 15.4. The fourth-order valence-electron chi connectivity index (χ4n) is 4.95. The molecule has 0 unspecified atom stereocenters. The monoisotopic (exact) mass is 528 g/mol. The maximum absolute atomic E-state index is 8.69. The van der Waals surface area contributed by atoms with Gasteiger partial charge in [0.2, 0.25) is 0 Å². The van der Waals surface area contributed by atoms with Crippen molar-refractivity contribution >= 4 is 34.0 Å². The summed E-state index contributed by atoms with van der Waals surface area (Å²) in [6.45, 7) is 0. The van der Waals surface area contributed by atoms with E-state index >= 15 is 0 Å². The third-order valence-corrected chi connectivity index (χ3v) is 7.00. The van der Waals surface area contributed by atoms with E-state index in [1.165, 1.54) is 0 Å². The van der Waals surface area contributed by atoms with Gasteiger partial charge in [-0.25, -0.2) is 15.0 Å². The van der Waals surface area contributed by atoms with E-state index in [0.717, 1.165) is 44.3 Å². The van der Waals surface area contributed by atoms with E-state index in [-0.39, 0.29) is 0 Å². The third kappa shape index (κ3) is 4.79. The number of allylic oxidation sites excluding steroid dienone is 1. The molecule has 1 heterocycles. The van der Waals surface area contributed by atoms with E-state index in [4.69, 9.17) is 20.4 Å². The Hall–Kier alpha value is -5.75. The molecular weight excluding hydrogens is 504 g/mol. The lowest BCUT2D eigenvalue weighted by Crippen LogP contribution is -2.19. The molecule has 6 nitrogen and oxygen atoms in total. The first-order valence-electron chi connectivity index (χ1n) is 13.3. The van der Waals surface area contributed by atoms with E-state index in [1.807, 2.05) is 103 Å². The molecule has 0 aliphatic heterocycles. The number of benzene rings is 5. The number of aromatic nitrogens is 3. The van der Waals surface area contributed by atoms with Gasteiger partial charge in [-0.3, -0.25) is 10.8 Å². The standard InChI is InChI=1S/C35H24N6/c36-30-21-20-24-18-16-23-17-19-27(22-29(23)31(24)32(30)41-40-28-14-8-3-9-15-28)35-38-33(25-10-4-1-5-11-25)37-34(39-35)26-12-6-2-7-13-26/h1-22,36,40H/b36-30?,41-32+. The number of hydrogen-bond acceptors (Lipinski definition) is 6. The molecule has 1 aromatic heterocycles. The average molecular weight is 529 g/mol. The van der Waals surface area contributed by atoms with Gasteiger partial charge in [0.05, 0.1) is 11.4 Å². The van der Waals surface area contributed by atoms with Gasteiger partial charge >= 0.3 is 0 Å². The summed E-state index contributed by atoms with van der Waals surface area (Å²) in [5.74, 6) is 1.81. The van der Waals surface area contributed by atoms with E-state index in [1.54, 1.807) is 6.08 Å². The molecule has 6 aromatic rings. The molecule has 1 aliphatic carbocycles. The second kappa shape index (κ2) is 10.4. The molecule has 7 rings (SSSR count). The molecule has 0 atom stereocenters. The first-order chi connectivity index (χ1) is 20.2. The fourth-order valence-corrected chi connectivity index (χ4v) is 4.95. The van der Waals surface area contributed by atoms with E-state index in [9.17, 15) is 0 Å². The molecule has 6 heteroatoms. The van der Waals surface area contributed by atoms with E-state index in [2.05, 4.69) is 34.8 Å². The van der Waals surface area contributed by atoms with Gasteiger partial charge in [-0.2, -0.15) is 5.10 Å². The Kier molecular flexibility index (Phi) is 6.18. The Morgan fingerprint density at radius 1 is 0.561 bits per heavy atom. The number of anilines is 1. The van der Waals surface area contributed by atoms with Gasteiger partial charge < -0.3 is 0 Å². The number of nitrogens with one attached hydrogen (secondary N) is 2. The van der Waals surface area contributed by atoms with Crippen LogP contribution in [-0.2, 0) is 0 Å². The van der Waals surface area contributed by atoms with E-state index in [0.29, 0.717) is 28.9 Å². The van der Waals surface area contributed by atoms with Gasteiger partial charge in [-0.05, 0) is 40.6 Å². The van der Waals surface area contributed by atoms with Crippen LogP contribution in [0.1, 0.15) is 11.1 Å². The van der Waals surface area contributed by atoms with Crippen LogP contribution in [0.4, 0.5) is 5.69 Å². The highest BCUT2D eigenvalue weighted by atomic mass is 15.3. The predicted octanol–water partition coefficient (Wildman–Crippen LogP) is 7.89. The molecule has 0 saturated carbocycles. The van der Waals surface area contributed by atoms with Crippen LogP contribution in [0.5, 0.6) is 0 Å². The third-order valence-electron chi connectivity index (χ3n) is 7.00. The van der Waals surface area contributed by atoms with Gasteiger partial charge in [0.1, 0.15) is 5.71 Å². The maximum Gasteiger partial charge on any atom is 0.164 e. The summed E-state index contributed by atoms with van der Waals surface area (Å²) < 4.78 is 0.